The van der Waals surface area contributed by atoms with Crippen LogP contribution in [0.2, 0.25) is 19.6 Å². The molecular formula is C17H22N6OSi. The molecule has 0 spiro atoms. The second kappa shape index (κ2) is 6.70. The van der Waals surface area contributed by atoms with Gasteiger partial charge in [-0.15, -0.1) is 5.54 Å². The van der Waals surface area contributed by atoms with Gasteiger partial charge < -0.3 is 10.5 Å². The summed E-state index contributed by atoms with van der Waals surface area (Å²) in [4.78, 5) is 8.81. The molecule has 0 bridgehead atoms. The minimum Gasteiger partial charge on any atom is -0.383 e. The van der Waals surface area contributed by atoms with E-state index in [-0.39, 0.29) is 0 Å². The van der Waals surface area contributed by atoms with Gasteiger partial charge in [0.25, 0.3) is 0 Å². The van der Waals surface area contributed by atoms with E-state index in [0.29, 0.717) is 24.6 Å². The molecule has 0 amide bonds. The highest BCUT2D eigenvalue weighted by Crippen LogP contribution is 2.25. The first-order chi connectivity index (χ1) is 11.9. The molecule has 7 nitrogen and oxygen atoms in total. The Kier molecular flexibility index (Phi) is 4.61. The van der Waals surface area contributed by atoms with E-state index in [1.807, 2.05) is 21.5 Å². The smallest absolute Gasteiger partial charge is 0.181 e. The number of nitrogen functional groups attached to an aromatic ring is 1. The van der Waals surface area contributed by atoms with Crippen LogP contribution in [-0.2, 0) is 11.3 Å². The standard InChI is InChI=1S/C17H22N6OSi/c1-24-9-8-22-12-13(11-20-22)15-14(5-10-25(2,3)4)23-7-6-19-16(18)17(23)21-15/h6-7,11-12H,8-9H2,1-4H3,(H2,18,19). The normalized spacial score (nSPS) is 11.5. The van der Waals surface area contributed by atoms with Crippen molar-refractivity contribution in [3.8, 4) is 22.7 Å². The number of hydrogen-bond acceptors (Lipinski definition) is 5. The predicted molar refractivity (Wildman–Crippen MR) is 101 cm³/mol. The van der Waals surface area contributed by atoms with Crippen LogP contribution in [0.15, 0.2) is 24.8 Å². The lowest BCUT2D eigenvalue weighted by Gasteiger charge is -2.04. The van der Waals surface area contributed by atoms with Gasteiger partial charge in [-0.2, -0.15) is 5.10 Å². The molecule has 3 aromatic rings. The van der Waals surface area contributed by atoms with Gasteiger partial charge in [0.1, 0.15) is 19.5 Å². The zero-order valence-electron chi connectivity index (χ0n) is 14.9. The Labute approximate surface area is 147 Å². The molecule has 3 aromatic heterocycles. The highest BCUT2D eigenvalue weighted by molar-refractivity contribution is 6.83. The maximum atomic E-state index is 6.00. The van der Waals surface area contributed by atoms with Gasteiger partial charge in [0, 0.05) is 31.3 Å². The summed E-state index contributed by atoms with van der Waals surface area (Å²) in [6.07, 6.45) is 7.24. The third kappa shape index (κ3) is 3.73. The van der Waals surface area contributed by atoms with Crippen molar-refractivity contribution in [1.29, 1.82) is 0 Å². The highest BCUT2D eigenvalue weighted by Gasteiger charge is 2.17. The van der Waals surface area contributed by atoms with Crippen LogP contribution in [0.4, 0.5) is 5.82 Å². The van der Waals surface area contributed by atoms with Crippen molar-refractivity contribution >= 4 is 19.5 Å². The molecule has 0 unspecified atom stereocenters. The summed E-state index contributed by atoms with van der Waals surface area (Å²) < 4.78 is 8.83. The summed E-state index contributed by atoms with van der Waals surface area (Å²) in [7, 11) is 0.136. The number of methoxy groups -OCH3 is 1. The fraction of sp³-hybridized carbons (Fsp3) is 0.353. The SMILES string of the molecule is COCCn1cc(-c2nc3c(N)nccn3c2C#C[Si](C)(C)C)cn1. The van der Waals surface area contributed by atoms with E-state index in [1.165, 1.54) is 0 Å². The van der Waals surface area contributed by atoms with E-state index in [1.54, 1.807) is 19.5 Å². The predicted octanol–water partition coefficient (Wildman–Crippen LogP) is 2.05. The number of nitrogens with zero attached hydrogens (tertiary/aromatic N) is 5. The van der Waals surface area contributed by atoms with Crippen molar-refractivity contribution in [3.63, 3.8) is 0 Å². The highest BCUT2D eigenvalue weighted by atomic mass is 28.3. The number of hydrogen-bond donors (Lipinski definition) is 1. The van der Waals surface area contributed by atoms with Crippen molar-refractivity contribution < 1.29 is 4.74 Å². The van der Waals surface area contributed by atoms with E-state index < -0.39 is 8.07 Å². The van der Waals surface area contributed by atoms with Crippen LogP contribution in [0.5, 0.6) is 0 Å². The van der Waals surface area contributed by atoms with Gasteiger partial charge in [-0.1, -0.05) is 25.6 Å². The molecule has 0 aromatic carbocycles. The molecule has 3 heterocycles. The third-order valence-corrected chi connectivity index (χ3v) is 4.43. The Morgan fingerprint density at radius 3 is 2.84 bits per heavy atom. The number of rotatable bonds is 4. The number of ether oxygens (including phenoxy) is 1. The lowest BCUT2D eigenvalue weighted by atomic mass is 10.2. The average Bonchev–Trinajstić information content (AvgIpc) is 3.15. The lowest BCUT2D eigenvalue weighted by molar-refractivity contribution is 0.183. The van der Waals surface area contributed by atoms with E-state index in [2.05, 4.69) is 46.2 Å². The Balaban J connectivity index is 2.14. The molecule has 25 heavy (non-hydrogen) atoms. The van der Waals surface area contributed by atoms with E-state index in [9.17, 15) is 0 Å². The van der Waals surface area contributed by atoms with Gasteiger partial charge in [0.15, 0.2) is 11.5 Å². The van der Waals surface area contributed by atoms with Crippen LogP contribution in [0.3, 0.4) is 0 Å². The molecule has 0 saturated carbocycles. The van der Waals surface area contributed by atoms with Crippen molar-refractivity contribution in [1.82, 2.24) is 24.1 Å². The minimum absolute atomic E-state index is 0.386. The summed E-state index contributed by atoms with van der Waals surface area (Å²) in [5, 5.41) is 4.37. The van der Waals surface area contributed by atoms with Gasteiger partial charge >= 0.3 is 0 Å². The van der Waals surface area contributed by atoms with Crippen LogP contribution in [-0.4, -0.2) is 45.9 Å². The van der Waals surface area contributed by atoms with Crippen LogP contribution in [0.25, 0.3) is 16.9 Å². The third-order valence-electron chi connectivity index (χ3n) is 3.56. The van der Waals surface area contributed by atoms with Crippen LogP contribution < -0.4 is 5.73 Å². The molecule has 0 radical (unpaired) electrons. The van der Waals surface area contributed by atoms with Crippen molar-refractivity contribution in [3.05, 3.63) is 30.5 Å². The summed E-state index contributed by atoms with van der Waals surface area (Å²) in [6, 6.07) is 0. The van der Waals surface area contributed by atoms with Gasteiger partial charge in [0.2, 0.25) is 0 Å². The maximum Gasteiger partial charge on any atom is 0.181 e. The minimum atomic E-state index is -1.54. The van der Waals surface area contributed by atoms with Gasteiger partial charge in [0.05, 0.1) is 19.3 Å². The number of fused-ring (bicyclic) bond motifs is 1. The maximum absolute atomic E-state index is 6.00. The molecule has 130 valence electrons. The summed E-state index contributed by atoms with van der Waals surface area (Å²) >= 11 is 0. The molecule has 0 aliphatic rings. The van der Waals surface area contributed by atoms with Crippen molar-refractivity contribution in [2.45, 2.75) is 26.2 Å². The summed E-state index contributed by atoms with van der Waals surface area (Å²) in [6.45, 7) is 7.92. The summed E-state index contributed by atoms with van der Waals surface area (Å²) in [5.41, 5.74) is 12.5. The zero-order chi connectivity index (χ0) is 18.0. The zero-order valence-corrected chi connectivity index (χ0v) is 15.9. The number of imidazole rings is 1. The monoisotopic (exact) mass is 354 g/mol. The van der Waals surface area contributed by atoms with Crippen molar-refractivity contribution in [2.24, 2.45) is 0 Å². The number of anilines is 1. The number of nitrogens with two attached hydrogens (primary N) is 1. The molecular weight excluding hydrogens is 332 g/mol. The second-order valence-corrected chi connectivity index (χ2v) is 11.5. The van der Waals surface area contributed by atoms with Crippen LogP contribution >= 0.6 is 0 Å². The first kappa shape index (κ1) is 17.2. The molecule has 0 atom stereocenters. The van der Waals surface area contributed by atoms with Crippen LogP contribution in [0.1, 0.15) is 5.69 Å². The fourth-order valence-electron chi connectivity index (χ4n) is 2.36. The largest absolute Gasteiger partial charge is 0.383 e. The molecule has 0 saturated heterocycles. The molecule has 0 aliphatic heterocycles. The molecule has 3 rings (SSSR count). The molecule has 8 heteroatoms. The van der Waals surface area contributed by atoms with Gasteiger partial charge in [-0.25, -0.2) is 9.97 Å². The Hall–Kier alpha value is -2.63. The van der Waals surface area contributed by atoms with Crippen LogP contribution in [0, 0.1) is 11.5 Å². The Morgan fingerprint density at radius 1 is 1.32 bits per heavy atom. The molecule has 2 N–H and O–H groups in total. The van der Waals surface area contributed by atoms with E-state index in [4.69, 9.17) is 10.5 Å². The average molecular weight is 354 g/mol. The quantitative estimate of drug-likeness (QED) is 0.573. The van der Waals surface area contributed by atoms with E-state index in [0.717, 1.165) is 17.0 Å². The summed E-state index contributed by atoms with van der Waals surface area (Å²) in [5.74, 6) is 3.71. The van der Waals surface area contributed by atoms with Crippen molar-refractivity contribution in [2.75, 3.05) is 19.5 Å². The topological polar surface area (TPSA) is 83.3 Å². The molecule has 0 aliphatic carbocycles. The first-order valence-electron chi connectivity index (χ1n) is 8.06. The van der Waals surface area contributed by atoms with E-state index >= 15 is 0 Å². The first-order valence-corrected chi connectivity index (χ1v) is 11.6. The lowest BCUT2D eigenvalue weighted by Crippen LogP contribution is -2.16. The Bertz CT molecular complexity index is 957. The number of aromatic nitrogens is 5. The second-order valence-electron chi connectivity index (χ2n) is 6.80. The Morgan fingerprint density at radius 2 is 2.12 bits per heavy atom. The molecule has 0 fully saturated rings. The van der Waals surface area contributed by atoms with Gasteiger partial charge in [-0.3, -0.25) is 9.08 Å². The van der Waals surface area contributed by atoms with Gasteiger partial charge in [-0.05, 0) is 0 Å². The fourth-order valence-corrected chi connectivity index (χ4v) is 2.85.